The number of nitrogens with one attached hydrogen (secondary N) is 1. The summed E-state index contributed by atoms with van der Waals surface area (Å²) < 4.78 is 5.21. The monoisotopic (exact) mass is 420 g/mol. The third-order valence-electron chi connectivity index (χ3n) is 5.62. The number of rotatable bonds is 5. The number of hydrogen-bond acceptors (Lipinski definition) is 5. The van der Waals surface area contributed by atoms with Crippen LogP contribution >= 0.6 is 0 Å². The molecular weight excluding hydrogens is 396 g/mol. The van der Waals surface area contributed by atoms with E-state index >= 15 is 0 Å². The fourth-order valence-corrected chi connectivity index (χ4v) is 3.70. The number of hydrogen-bond donors (Lipinski definition) is 2. The molecule has 0 bridgehead atoms. The zero-order valence-corrected chi connectivity index (χ0v) is 17.3. The van der Waals surface area contributed by atoms with Crippen molar-refractivity contribution < 1.29 is 19.1 Å². The minimum atomic E-state index is -0.575. The average molecular weight is 420 g/mol. The summed E-state index contributed by atoms with van der Waals surface area (Å²) in [5.41, 5.74) is 9.22. The van der Waals surface area contributed by atoms with Gasteiger partial charge in [0.1, 0.15) is 5.82 Å². The van der Waals surface area contributed by atoms with Crippen molar-refractivity contribution in [2.45, 2.75) is 19.8 Å². The van der Waals surface area contributed by atoms with Crippen LogP contribution in [0.15, 0.2) is 42.5 Å². The summed E-state index contributed by atoms with van der Waals surface area (Å²) in [5, 5.41) is 0. The molecule has 2 heterocycles. The number of likely N-dealkylation sites (tertiary alicyclic amines) is 1. The number of piperidine rings is 1. The predicted molar refractivity (Wildman–Crippen MR) is 115 cm³/mol. The van der Waals surface area contributed by atoms with E-state index in [2.05, 4.69) is 9.97 Å². The highest BCUT2D eigenvalue weighted by Gasteiger charge is 2.26. The van der Waals surface area contributed by atoms with Gasteiger partial charge in [-0.3, -0.25) is 9.59 Å². The van der Waals surface area contributed by atoms with E-state index in [1.54, 1.807) is 23.1 Å². The number of carbonyl (C=O) groups is 3. The lowest BCUT2D eigenvalue weighted by atomic mass is 9.96. The van der Waals surface area contributed by atoms with Crippen LogP contribution in [0, 0.1) is 12.8 Å². The maximum absolute atomic E-state index is 12.4. The number of aromatic nitrogens is 2. The Morgan fingerprint density at radius 3 is 2.52 bits per heavy atom. The zero-order valence-electron chi connectivity index (χ0n) is 17.3. The fraction of sp³-hybridized carbons (Fsp3) is 0.304. The van der Waals surface area contributed by atoms with Gasteiger partial charge in [-0.25, -0.2) is 9.78 Å². The molecule has 0 spiro atoms. The number of aryl methyl sites for hydroxylation is 1. The van der Waals surface area contributed by atoms with Crippen LogP contribution in [0.25, 0.3) is 22.4 Å². The second kappa shape index (κ2) is 8.59. The summed E-state index contributed by atoms with van der Waals surface area (Å²) in [6.45, 7) is 2.56. The van der Waals surface area contributed by atoms with Crippen molar-refractivity contribution in [2.24, 2.45) is 11.7 Å². The predicted octanol–water partition coefficient (Wildman–Crippen LogP) is 2.42. The summed E-state index contributed by atoms with van der Waals surface area (Å²) >= 11 is 0. The second-order valence-corrected chi connectivity index (χ2v) is 7.82. The molecule has 3 aromatic rings. The molecule has 2 aromatic carbocycles. The number of amides is 2. The lowest BCUT2D eigenvalue weighted by Gasteiger charge is -2.30. The van der Waals surface area contributed by atoms with Crippen LogP contribution in [0.3, 0.4) is 0 Å². The molecule has 3 N–H and O–H groups in total. The molecule has 0 atom stereocenters. The number of benzene rings is 2. The van der Waals surface area contributed by atoms with Crippen molar-refractivity contribution in [3.63, 3.8) is 0 Å². The Bertz CT molecular complexity index is 1130. The summed E-state index contributed by atoms with van der Waals surface area (Å²) in [6, 6.07) is 13.0. The second-order valence-electron chi connectivity index (χ2n) is 7.82. The number of fused-ring (bicyclic) bond motifs is 1. The van der Waals surface area contributed by atoms with Crippen LogP contribution in [0.5, 0.6) is 0 Å². The maximum Gasteiger partial charge on any atom is 0.338 e. The number of carbonyl (C=O) groups excluding carboxylic acids is 3. The molecule has 31 heavy (non-hydrogen) atoms. The van der Waals surface area contributed by atoms with E-state index in [1.165, 1.54) is 0 Å². The maximum atomic E-state index is 12.4. The highest BCUT2D eigenvalue weighted by Crippen LogP contribution is 2.22. The molecule has 1 saturated heterocycles. The number of primary amides is 1. The van der Waals surface area contributed by atoms with Crippen molar-refractivity contribution in [2.75, 3.05) is 19.7 Å². The molecule has 8 heteroatoms. The molecule has 0 unspecified atom stereocenters. The number of imidazole rings is 1. The van der Waals surface area contributed by atoms with Crippen molar-refractivity contribution in [3.8, 4) is 11.4 Å². The van der Waals surface area contributed by atoms with Crippen molar-refractivity contribution in [1.82, 2.24) is 14.9 Å². The number of nitrogens with zero attached hydrogens (tertiary/aromatic N) is 2. The number of H-pyrrole nitrogens is 1. The van der Waals surface area contributed by atoms with E-state index in [1.807, 2.05) is 31.2 Å². The number of ether oxygens (including phenoxy) is 1. The first-order valence-electron chi connectivity index (χ1n) is 10.2. The topological polar surface area (TPSA) is 118 Å². The van der Waals surface area contributed by atoms with Gasteiger partial charge in [0.05, 0.1) is 16.6 Å². The van der Waals surface area contributed by atoms with Crippen LogP contribution < -0.4 is 5.73 Å². The van der Waals surface area contributed by atoms with Crippen LogP contribution in [-0.2, 0) is 14.3 Å². The van der Waals surface area contributed by atoms with Gasteiger partial charge in [0.2, 0.25) is 5.91 Å². The first-order chi connectivity index (χ1) is 14.9. The van der Waals surface area contributed by atoms with E-state index in [9.17, 15) is 14.4 Å². The summed E-state index contributed by atoms with van der Waals surface area (Å²) in [7, 11) is 0. The van der Waals surface area contributed by atoms with E-state index in [0.29, 0.717) is 37.0 Å². The normalized spacial score (nSPS) is 14.5. The molecule has 2 amide bonds. The third kappa shape index (κ3) is 4.58. The molecule has 160 valence electrons. The standard InChI is InChI=1S/C23H24N4O4/c1-14-2-4-16(5-3-14)22-25-18-7-6-17(12-19(18)26-22)23(30)31-13-20(28)27-10-8-15(9-11-27)21(24)29/h2-7,12,15H,8-11,13H2,1H3,(H2,24,29)(H,25,26). The molecule has 8 nitrogen and oxygen atoms in total. The highest BCUT2D eigenvalue weighted by atomic mass is 16.5. The van der Waals surface area contributed by atoms with Gasteiger partial charge < -0.3 is 20.4 Å². The van der Waals surface area contributed by atoms with Gasteiger partial charge in [0.25, 0.3) is 5.91 Å². The SMILES string of the molecule is Cc1ccc(-c2nc3ccc(C(=O)OCC(=O)N4CCC(C(N)=O)CC4)cc3[nH]2)cc1. The van der Waals surface area contributed by atoms with Crippen molar-refractivity contribution >= 4 is 28.8 Å². The Balaban J connectivity index is 1.38. The minimum absolute atomic E-state index is 0.197. The van der Waals surface area contributed by atoms with Crippen LogP contribution in [0.4, 0.5) is 0 Å². The van der Waals surface area contributed by atoms with Crippen molar-refractivity contribution in [1.29, 1.82) is 0 Å². The summed E-state index contributed by atoms with van der Waals surface area (Å²) in [5.74, 6) is -0.667. The largest absolute Gasteiger partial charge is 0.452 e. The Kier molecular flexibility index (Phi) is 5.70. The van der Waals surface area contributed by atoms with Crippen LogP contribution in [-0.4, -0.2) is 52.3 Å². The first kappa shape index (κ1) is 20.6. The molecule has 4 rings (SSSR count). The zero-order chi connectivity index (χ0) is 22.0. The molecule has 0 radical (unpaired) electrons. The van der Waals surface area contributed by atoms with E-state index in [4.69, 9.17) is 10.5 Å². The van der Waals surface area contributed by atoms with E-state index < -0.39 is 5.97 Å². The quantitative estimate of drug-likeness (QED) is 0.615. The molecule has 0 aliphatic carbocycles. The highest BCUT2D eigenvalue weighted by molar-refractivity contribution is 5.95. The van der Waals surface area contributed by atoms with Gasteiger partial charge in [-0.2, -0.15) is 0 Å². The van der Waals surface area contributed by atoms with Gasteiger partial charge in [-0.05, 0) is 38.0 Å². The summed E-state index contributed by atoms with van der Waals surface area (Å²) in [6.07, 6.45) is 1.07. The average Bonchev–Trinajstić information content (AvgIpc) is 3.21. The van der Waals surface area contributed by atoms with E-state index in [-0.39, 0.29) is 24.3 Å². The Morgan fingerprint density at radius 2 is 1.84 bits per heavy atom. The number of nitrogens with two attached hydrogens (primary N) is 1. The third-order valence-corrected chi connectivity index (χ3v) is 5.62. The van der Waals surface area contributed by atoms with Crippen LogP contribution in [0.2, 0.25) is 0 Å². The molecule has 1 fully saturated rings. The fourth-order valence-electron chi connectivity index (χ4n) is 3.70. The van der Waals surface area contributed by atoms with E-state index in [0.717, 1.165) is 22.5 Å². The number of aromatic amines is 1. The Morgan fingerprint density at radius 1 is 1.13 bits per heavy atom. The molecular formula is C23H24N4O4. The minimum Gasteiger partial charge on any atom is -0.452 e. The van der Waals surface area contributed by atoms with Gasteiger partial charge in [0.15, 0.2) is 6.61 Å². The lowest BCUT2D eigenvalue weighted by Crippen LogP contribution is -2.43. The van der Waals surface area contributed by atoms with Gasteiger partial charge in [-0.15, -0.1) is 0 Å². The van der Waals surface area contributed by atoms with Gasteiger partial charge in [-0.1, -0.05) is 29.8 Å². The molecule has 1 aliphatic heterocycles. The van der Waals surface area contributed by atoms with Gasteiger partial charge in [0, 0.05) is 24.6 Å². The summed E-state index contributed by atoms with van der Waals surface area (Å²) in [4.78, 5) is 45.4. The Hall–Kier alpha value is -3.68. The van der Waals surface area contributed by atoms with Crippen molar-refractivity contribution in [3.05, 3.63) is 53.6 Å². The lowest BCUT2D eigenvalue weighted by molar-refractivity contribution is -0.137. The first-order valence-corrected chi connectivity index (χ1v) is 10.2. The van der Waals surface area contributed by atoms with Crippen LogP contribution in [0.1, 0.15) is 28.8 Å². The molecule has 1 aliphatic rings. The molecule has 1 aromatic heterocycles. The Labute approximate surface area is 179 Å². The molecule has 0 saturated carbocycles. The smallest absolute Gasteiger partial charge is 0.338 e. The number of esters is 1. The van der Waals surface area contributed by atoms with Gasteiger partial charge >= 0.3 is 5.97 Å².